The Morgan fingerprint density at radius 2 is 1.75 bits per heavy atom. The Kier molecular flexibility index (Phi) is 14.5. The van der Waals surface area contributed by atoms with Gasteiger partial charge in [-0.3, -0.25) is 33.7 Å². The molecule has 4 atom stereocenters. The Labute approximate surface area is 494 Å². The lowest BCUT2D eigenvalue weighted by molar-refractivity contribution is -0.142. The Hall–Kier alpha value is -8.00. The average molecular weight is 1150 g/mol. The molecular weight excluding hydrogens is 1070 g/mol. The molecule has 6 aliphatic rings. The van der Waals surface area contributed by atoms with E-state index >= 15 is 0 Å². The number of aromatic nitrogens is 9. The molecule has 8 aromatic rings. The zero-order chi connectivity index (χ0) is 58.1. The zero-order valence-corrected chi connectivity index (χ0v) is 49.2. The number of carbonyl (C=O) groups is 2. The van der Waals surface area contributed by atoms with Gasteiger partial charge in [0.25, 0.3) is 5.56 Å². The predicted molar refractivity (Wildman–Crippen MR) is 329 cm³/mol. The van der Waals surface area contributed by atoms with E-state index in [1.165, 1.54) is 18.4 Å². The molecule has 4 unspecified atom stereocenters. The fraction of sp³-hybridized carbons (Fsp3) is 0.455. The molecule has 5 saturated heterocycles. The highest BCUT2D eigenvalue weighted by atomic mass is 16.5. The summed E-state index contributed by atoms with van der Waals surface area (Å²) in [5.41, 5.74) is 11.5. The molecule has 1 aliphatic carbocycles. The number of aryl methyl sites for hydroxylation is 2. The lowest BCUT2D eigenvalue weighted by Crippen LogP contribution is -2.48. The number of fused-ring (bicyclic) bond motifs is 7. The van der Waals surface area contributed by atoms with Gasteiger partial charge in [-0.25, -0.2) is 0 Å². The van der Waals surface area contributed by atoms with Crippen LogP contribution in [0.1, 0.15) is 118 Å². The van der Waals surface area contributed by atoms with Crippen molar-refractivity contribution in [3.05, 3.63) is 135 Å². The third-order valence-electron chi connectivity index (χ3n) is 19.2. The molecule has 2 bridgehead atoms. The van der Waals surface area contributed by atoms with Crippen molar-refractivity contribution in [3.63, 3.8) is 0 Å². The van der Waals surface area contributed by atoms with Gasteiger partial charge in [0.2, 0.25) is 11.8 Å². The molecule has 5 aliphatic heterocycles. The Morgan fingerprint density at radius 3 is 2.52 bits per heavy atom. The summed E-state index contributed by atoms with van der Waals surface area (Å²) in [7, 11) is 0. The molecule has 19 heteroatoms. The molecule has 5 aromatic heterocycles. The van der Waals surface area contributed by atoms with Crippen LogP contribution < -0.4 is 25.8 Å². The molecule has 0 spiro atoms. The van der Waals surface area contributed by atoms with E-state index in [2.05, 4.69) is 72.8 Å². The molecular formula is C66H76N14O5. The fourth-order valence-electron chi connectivity index (χ4n) is 14.6. The van der Waals surface area contributed by atoms with E-state index in [-0.39, 0.29) is 53.6 Å². The summed E-state index contributed by atoms with van der Waals surface area (Å²) in [5.74, 6) is 0.640. The second kappa shape index (κ2) is 22.4. The summed E-state index contributed by atoms with van der Waals surface area (Å²) in [5, 5.41) is 26.1. The molecule has 14 rings (SSSR count). The van der Waals surface area contributed by atoms with E-state index in [4.69, 9.17) is 31.1 Å². The number of allylic oxidation sites excluding steroid dienone is 2. The van der Waals surface area contributed by atoms with Crippen molar-refractivity contribution >= 4 is 62.0 Å². The number of benzene rings is 3. The van der Waals surface area contributed by atoms with Gasteiger partial charge in [-0.05, 0) is 160 Å². The van der Waals surface area contributed by atoms with E-state index in [9.17, 15) is 14.4 Å². The summed E-state index contributed by atoms with van der Waals surface area (Å²) in [6.07, 6.45) is 16.9. The number of rotatable bonds is 20. The first-order valence-electron chi connectivity index (χ1n) is 30.8. The average Bonchev–Trinajstić information content (AvgIpc) is 3.33. The molecule has 19 nitrogen and oxygen atoms in total. The molecule has 2 amide bonds. The van der Waals surface area contributed by atoms with Gasteiger partial charge >= 0.3 is 6.01 Å². The monoisotopic (exact) mass is 1140 g/mol. The molecule has 10 heterocycles. The van der Waals surface area contributed by atoms with Crippen LogP contribution in [0.2, 0.25) is 0 Å². The lowest BCUT2D eigenvalue weighted by Gasteiger charge is -2.32. The van der Waals surface area contributed by atoms with E-state index in [1.807, 2.05) is 79.5 Å². The van der Waals surface area contributed by atoms with Crippen LogP contribution in [0.3, 0.4) is 0 Å². The van der Waals surface area contributed by atoms with Crippen molar-refractivity contribution < 1.29 is 19.1 Å². The van der Waals surface area contributed by atoms with Crippen LogP contribution in [0, 0.1) is 18.8 Å². The number of amides is 2. The first-order valence-corrected chi connectivity index (χ1v) is 30.8. The number of likely N-dealkylation sites (tertiary alicyclic amines) is 1. The summed E-state index contributed by atoms with van der Waals surface area (Å²) in [6, 6.07) is 20.0. The van der Waals surface area contributed by atoms with Crippen LogP contribution in [0.4, 0.5) is 5.82 Å². The highest BCUT2D eigenvalue weighted by molar-refractivity contribution is 6.04. The minimum atomic E-state index is -0.745. The van der Waals surface area contributed by atoms with Crippen molar-refractivity contribution in [2.75, 3.05) is 44.2 Å². The summed E-state index contributed by atoms with van der Waals surface area (Å²) < 4.78 is 17.1. The number of piperazine rings is 1. The van der Waals surface area contributed by atoms with Crippen LogP contribution in [-0.4, -0.2) is 129 Å². The Bertz CT molecular complexity index is 3970. The van der Waals surface area contributed by atoms with E-state index in [0.29, 0.717) is 61.4 Å². The van der Waals surface area contributed by atoms with Crippen molar-refractivity contribution in [2.24, 2.45) is 11.8 Å². The van der Waals surface area contributed by atoms with E-state index < -0.39 is 12.1 Å². The van der Waals surface area contributed by atoms with E-state index in [0.717, 1.165) is 137 Å². The SMILES string of the molecule is C=C(/C(=C\c1c(COCc2ccc3c(c2)[nH]c(=O)c2nn(C(C(=O)N4CCCC4C(=O)NCc4ccc(-c5ccnn5CC)cc4)C(C)C)cc23)nc(OCC23CCCN2CCC3)nc1N1CC2CC1CN2)C1CC1)c1c(C)ccc2[nH]ncc12. The van der Waals surface area contributed by atoms with Crippen LogP contribution in [0.5, 0.6) is 6.01 Å². The largest absolute Gasteiger partial charge is 0.461 e. The van der Waals surface area contributed by atoms with Gasteiger partial charge in [-0.15, -0.1) is 0 Å². The normalized spacial score (nSPS) is 20.7. The van der Waals surface area contributed by atoms with Crippen LogP contribution in [0.15, 0.2) is 96.2 Å². The number of hydrogen-bond acceptors (Lipinski definition) is 13. The Morgan fingerprint density at radius 1 is 0.929 bits per heavy atom. The lowest BCUT2D eigenvalue weighted by atomic mass is 9.89. The third-order valence-corrected chi connectivity index (χ3v) is 19.2. The van der Waals surface area contributed by atoms with Crippen molar-refractivity contribution in [1.82, 2.24) is 65.1 Å². The maximum absolute atomic E-state index is 14.7. The predicted octanol–water partition coefficient (Wildman–Crippen LogP) is 9.02. The van der Waals surface area contributed by atoms with Crippen LogP contribution in [-0.2, 0) is 40.6 Å². The fourth-order valence-corrected chi connectivity index (χ4v) is 14.6. The summed E-state index contributed by atoms with van der Waals surface area (Å²) >= 11 is 0. The van der Waals surface area contributed by atoms with Gasteiger partial charge in [-0.2, -0.15) is 25.3 Å². The number of H-pyrrole nitrogens is 2. The van der Waals surface area contributed by atoms with Crippen molar-refractivity contribution in [3.8, 4) is 17.3 Å². The number of ether oxygens (including phenoxy) is 2. The molecule has 4 N–H and O–H groups in total. The second-order valence-corrected chi connectivity index (χ2v) is 25.0. The smallest absolute Gasteiger partial charge is 0.318 e. The zero-order valence-electron chi connectivity index (χ0n) is 49.2. The number of nitrogens with one attached hydrogen (secondary N) is 4. The molecule has 85 heavy (non-hydrogen) atoms. The van der Waals surface area contributed by atoms with Gasteiger partial charge in [0.15, 0.2) is 5.52 Å². The van der Waals surface area contributed by atoms with Gasteiger partial charge in [0.1, 0.15) is 24.5 Å². The molecule has 6 fully saturated rings. The number of aromatic amines is 2. The Balaban J connectivity index is 0.729. The van der Waals surface area contributed by atoms with Gasteiger partial charge in [0, 0.05) is 84.4 Å². The van der Waals surface area contributed by atoms with Crippen LogP contribution >= 0.6 is 0 Å². The quantitative estimate of drug-likeness (QED) is 0.0526. The number of hydrogen-bond donors (Lipinski definition) is 4. The number of pyridine rings is 1. The molecule has 3 aromatic carbocycles. The topological polar surface area (TPSA) is 209 Å². The summed E-state index contributed by atoms with van der Waals surface area (Å²) in [4.78, 5) is 63.1. The number of carbonyl (C=O) groups excluding carboxylic acids is 2. The highest BCUT2D eigenvalue weighted by Crippen LogP contribution is 2.47. The third kappa shape index (κ3) is 10.3. The first-order chi connectivity index (χ1) is 41.4. The number of nitrogens with zero attached hydrogens (tertiary/aromatic N) is 10. The minimum absolute atomic E-state index is 0.0148. The second-order valence-electron chi connectivity index (χ2n) is 25.0. The maximum Gasteiger partial charge on any atom is 0.318 e. The highest BCUT2D eigenvalue weighted by Gasteiger charge is 2.46. The van der Waals surface area contributed by atoms with Gasteiger partial charge in [0.05, 0.1) is 41.9 Å². The van der Waals surface area contributed by atoms with Crippen molar-refractivity contribution in [2.45, 2.75) is 141 Å². The van der Waals surface area contributed by atoms with Gasteiger partial charge in [-0.1, -0.05) is 62.9 Å². The summed E-state index contributed by atoms with van der Waals surface area (Å²) in [6.45, 7) is 19.4. The van der Waals surface area contributed by atoms with Gasteiger partial charge < -0.3 is 34.9 Å². The standard InChI is InChI=1S/C66H76N14O5/c1-6-79-56(21-24-70-79)45-15-12-42(13-16-45)31-68-62(81)57-10-7-27-77(57)64(83)60(39(2)3)80-35-52-48-19-14-43(28-54(48)71-63(82)59(52)75-80)36-84-37-55-50(30-49(44-17-18-44)41(5)58-40(4)11-20-53-51(58)33-69-74-53)61(78-34-46-29-47(78)32-67-46)73-65(72-55)85-38-66-22-8-25-76(66)26-9-23-66/h11-16,19-21,24,28,30,33,35,39,44,46-47,57,60,67H,5-10,17-18,22-23,25-27,29,31-32,34,36-38H2,1-4H3,(H,68,81)(H,69,74)(H,71,82)/b49-30+. The number of anilines is 1. The molecule has 0 radical (unpaired) electrons. The van der Waals surface area contributed by atoms with E-state index in [1.54, 1.807) is 15.8 Å². The van der Waals surface area contributed by atoms with Crippen LogP contribution in [0.25, 0.3) is 55.6 Å². The minimum Gasteiger partial charge on any atom is -0.461 e. The first kappa shape index (κ1) is 54.9. The maximum atomic E-state index is 14.7. The van der Waals surface area contributed by atoms with Crippen molar-refractivity contribution in [1.29, 1.82) is 0 Å². The molecule has 440 valence electrons. The molecule has 1 saturated carbocycles.